The number of sulfonamides is 1. The number of carbonyl (C=O) groups is 1. The van der Waals surface area contributed by atoms with Gasteiger partial charge in [-0.05, 0) is 23.6 Å². The van der Waals surface area contributed by atoms with Gasteiger partial charge >= 0.3 is 0 Å². The molecule has 2 aromatic carbocycles. The summed E-state index contributed by atoms with van der Waals surface area (Å²) in [5.41, 5.74) is 2.67. The van der Waals surface area contributed by atoms with Crippen LogP contribution in [-0.2, 0) is 34.3 Å². The van der Waals surface area contributed by atoms with Gasteiger partial charge in [0, 0.05) is 38.2 Å². The van der Waals surface area contributed by atoms with Gasteiger partial charge in [-0.15, -0.1) is 0 Å². The van der Waals surface area contributed by atoms with Crippen LogP contribution >= 0.6 is 0 Å². The lowest BCUT2D eigenvalue weighted by Crippen LogP contribution is -2.39. The van der Waals surface area contributed by atoms with Crippen molar-refractivity contribution in [3.8, 4) is 0 Å². The summed E-state index contributed by atoms with van der Waals surface area (Å²) in [6.07, 6.45) is 1.95. The van der Waals surface area contributed by atoms with Crippen LogP contribution in [0.2, 0.25) is 0 Å². The molecule has 0 aromatic heterocycles. The number of halogens is 1. The lowest BCUT2D eigenvalue weighted by molar-refractivity contribution is -0.132. The summed E-state index contributed by atoms with van der Waals surface area (Å²) < 4.78 is 39.2. The molecule has 0 unspecified atom stereocenters. The molecule has 7 heteroatoms. The second-order valence-corrected chi connectivity index (χ2v) is 8.75. The first-order valence-electron chi connectivity index (χ1n) is 8.87. The van der Waals surface area contributed by atoms with Crippen molar-refractivity contribution in [2.24, 2.45) is 0 Å². The fourth-order valence-corrected chi connectivity index (χ4v) is 4.06. The van der Waals surface area contributed by atoms with Crippen molar-refractivity contribution < 1.29 is 17.6 Å². The number of amides is 1. The van der Waals surface area contributed by atoms with Crippen LogP contribution in [0.3, 0.4) is 0 Å². The summed E-state index contributed by atoms with van der Waals surface area (Å²) >= 11 is 0. The first-order chi connectivity index (χ1) is 12.8. The topological polar surface area (TPSA) is 57.7 Å². The standard InChI is InChI=1S/C20H23FN2O3S/c1-27(25,26)23(15-18-8-4-5-9-19(18)21)13-11-20(24)22-12-10-16-6-2-3-7-17(16)14-22/h2-9H,10-15H2,1H3. The van der Waals surface area contributed by atoms with Gasteiger partial charge in [-0.2, -0.15) is 4.31 Å². The minimum absolute atomic E-state index is 0.0319. The van der Waals surface area contributed by atoms with Gasteiger partial charge in [0.05, 0.1) is 6.26 Å². The molecule has 3 rings (SSSR count). The molecule has 1 amide bonds. The van der Waals surface area contributed by atoms with E-state index in [1.54, 1.807) is 23.1 Å². The largest absolute Gasteiger partial charge is 0.338 e. The van der Waals surface area contributed by atoms with Crippen LogP contribution in [0.1, 0.15) is 23.1 Å². The van der Waals surface area contributed by atoms with Gasteiger partial charge in [-0.1, -0.05) is 42.5 Å². The highest BCUT2D eigenvalue weighted by atomic mass is 32.2. The van der Waals surface area contributed by atoms with E-state index >= 15 is 0 Å². The van der Waals surface area contributed by atoms with E-state index in [2.05, 4.69) is 6.07 Å². The number of fused-ring (bicyclic) bond motifs is 1. The Morgan fingerprint density at radius 1 is 1.11 bits per heavy atom. The number of benzene rings is 2. The van der Waals surface area contributed by atoms with Crippen molar-refractivity contribution in [2.75, 3.05) is 19.3 Å². The van der Waals surface area contributed by atoms with Gasteiger partial charge in [0.1, 0.15) is 5.82 Å². The molecule has 1 heterocycles. The molecular formula is C20H23FN2O3S. The van der Waals surface area contributed by atoms with E-state index in [4.69, 9.17) is 0 Å². The predicted octanol–water partition coefficient (Wildman–Crippen LogP) is 2.56. The summed E-state index contributed by atoms with van der Waals surface area (Å²) in [7, 11) is -3.56. The van der Waals surface area contributed by atoms with Crippen molar-refractivity contribution in [3.63, 3.8) is 0 Å². The molecule has 2 aromatic rings. The number of hydrogen-bond donors (Lipinski definition) is 0. The summed E-state index contributed by atoms with van der Waals surface area (Å²) in [5, 5.41) is 0. The van der Waals surface area contributed by atoms with Crippen LogP contribution in [0.25, 0.3) is 0 Å². The molecule has 0 spiro atoms. The van der Waals surface area contributed by atoms with Crippen LogP contribution < -0.4 is 0 Å². The molecule has 5 nitrogen and oxygen atoms in total. The van der Waals surface area contributed by atoms with Gasteiger partial charge in [-0.3, -0.25) is 4.79 Å². The van der Waals surface area contributed by atoms with Crippen LogP contribution in [-0.4, -0.2) is 42.9 Å². The Hall–Kier alpha value is -2.25. The number of hydrogen-bond acceptors (Lipinski definition) is 3. The zero-order valence-electron chi connectivity index (χ0n) is 15.3. The van der Waals surface area contributed by atoms with Gasteiger partial charge in [0.2, 0.25) is 15.9 Å². The highest BCUT2D eigenvalue weighted by Crippen LogP contribution is 2.19. The molecule has 0 saturated carbocycles. The Labute approximate surface area is 159 Å². The molecule has 0 radical (unpaired) electrons. The SMILES string of the molecule is CS(=O)(=O)N(CCC(=O)N1CCc2ccccc2C1)Cc1ccccc1F. The van der Waals surface area contributed by atoms with E-state index in [1.807, 2.05) is 18.2 Å². The third-order valence-corrected chi connectivity index (χ3v) is 6.08. The molecule has 0 fully saturated rings. The normalized spacial score (nSPS) is 14.3. The molecule has 27 heavy (non-hydrogen) atoms. The summed E-state index contributed by atoms with van der Waals surface area (Å²) in [6.45, 7) is 1.12. The van der Waals surface area contributed by atoms with Crippen molar-refractivity contribution in [3.05, 3.63) is 71.0 Å². The fraction of sp³-hybridized carbons (Fsp3) is 0.350. The third-order valence-electron chi connectivity index (χ3n) is 4.83. The average Bonchev–Trinajstić information content (AvgIpc) is 2.65. The second-order valence-electron chi connectivity index (χ2n) is 6.77. The van der Waals surface area contributed by atoms with Gasteiger partial charge in [-0.25, -0.2) is 12.8 Å². The first kappa shape index (κ1) is 19.5. The molecule has 0 atom stereocenters. The predicted molar refractivity (Wildman–Crippen MR) is 102 cm³/mol. The van der Waals surface area contributed by atoms with E-state index in [1.165, 1.54) is 11.6 Å². The molecule has 0 N–H and O–H groups in total. The van der Waals surface area contributed by atoms with Crippen LogP contribution in [0.4, 0.5) is 4.39 Å². The number of rotatable bonds is 6. The Kier molecular flexibility index (Phi) is 5.92. The monoisotopic (exact) mass is 390 g/mol. The molecule has 0 saturated heterocycles. The summed E-state index contributed by atoms with van der Waals surface area (Å²) in [4.78, 5) is 14.3. The maximum Gasteiger partial charge on any atom is 0.224 e. The lowest BCUT2D eigenvalue weighted by Gasteiger charge is -2.29. The van der Waals surface area contributed by atoms with Crippen molar-refractivity contribution >= 4 is 15.9 Å². The van der Waals surface area contributed by atoms with Gasteiger partial charge in [0.15, 0.2) is 0 Å². The van der Waals surface area contributed by atoms with E-state index in [0.717, 1.165) is 22.5 Å². The maximum absolute atomic E-state index is 13.9. The molecule has 1 aliphatic heterocycles. The smallest absolute Gasteiger partial charge is 0.224 e. The highest BCUT2D eigenvalue weighted by Gasteiger charge is 2.24. The first-order valence-corrected chi connectivity index (χ1v) is 10.7. The minimum Gasteiger partial charge on any atom is -0.338 e. The molecule has 0 bridgehead atoms. The average molecular weight is 390 g/mol. The Morgan fingerprint density at radius 2 is 1.78 bits per heavy atom. The zero-order valence-corrected chi connectivity index (χ0v) is 16.1. The lowest BCUT2D eigenvalue weighted by atomic mass is 10.00. The summed E-state index contributed by atoms with van der Waals surface area (Å²) in [6, 6.07) is 14.1. The van der Waals surface area contributed by atoms with Crippen molar-refractivity contribution in [1.29, 1.82) is 0 Å². The van der Waals surface area contributed by atoms with Gasteiger partial charge in [0.25, 0.3) is 0 Å². The fourth-order valence-electron chi connectivity index (χ4n) is 3.27. The van der Waals surface area contributed by atoms with E-state index in [0.29, 0.717) is 18.7 Å². The minimum atomic E-state index is -3.56. The third kappa shape index (κ3) is 4.93. The number of carbonyl (C=O) groups excluding carboxylic acids is 1. The van der Waals surface area contributed by atoms with Crippen molar-refractivity contribution in [1.82, 2.24) is 9.21 Å². The van der Waals surface area contributed by atoms with Crippen LogP contribution in [0, 0.1) is 5.82 Å². The van der Waals surface area contributed by atoms with Crippen LogP contribution in [0.5, 0.6) is 0 Å². The molecule has 1 aliphatic rings. The van der Waals surface area contributed by atoms with E-state index in [9.17, 15) is 17.6 Å². The molecule has 0 aliphatic carbocycles. The summed E-state index contributed by atoms with van der Waals surface area (Å²) in [5.74, 6) is -0.545. The zero-order chi connectivity index (χ0) is 19.4. The van der Waals surface area contributed by atoms with E-state index < -0.39 is 15.8 Å². The second kappa shape index (κ2) is 8.19. The Bertz CT molecular complexity index is 930. The van der Waals surface area contributed by atoms with Crippen LogP contribution in [0.15, 0.2) is 48.5 Å². The Balaban J connectivity index is 1.64. The van der Waals surface area contributed by atoms with Crippen molar-refractivity contribution in [2.45, 2.75) is 25.9 Å². The highest BCUT2D eigenvalue weighted by molar-refractivity contribution is 7.88. The number of nitrogens with zero attached hydrogens (tertiary/aromatic N) is 2. The van der Waals surface area contributed by atoms with E-state index in [-0.39, 0.29) is 25.4 Å². The molecular weight excluding hydrogens is 367 g/mol. The molecule has 144 valence electrons. The van der Waals surface area contributed by atoms with Gasteiger partial charge < -0.3 is 4.90 Å². The maximum atomic E-state index is 13.9. The quantitative estimate of drug-likeness (QED) is 0.762. The Morgan fingerprint density at radius 3 is 2.48 bits per heavy atom.